The number of nitrogens with one attached hydrogen (secondary N) is 1. The van der Waals surface area contributed by atoms with Crippen molar-refractivity contribution in [1.82, 2.24) is 10.2 Å². The molecule has 0 saturated carbocycles. The number of hydrogen-bond donors (Lipinski definition) is 1. The van der Waals surface area contributed by atoms with Crippen LogP contribution < -0.4 is 5.32 Å². The molecule has 0 spiro atoms. The molecule has 0 radical (unpaired) electrons. The van der Waals surface area contributed by atoms with E-state index in [4.69, 9.17) is 9.15 Å². The first kappa shape index (κ1) is 13.2. The highest BCUT2D eigenvalue weighted by molar-refractivity contribution is 5.04. The molecule has 92 valence electrons. The summed E-state index contributed by atoms with van der Waals surface area (Å²) in [6.45, 7) is 4.85. The zero-order valence-corrected chi connectivity index (χ0v) is 10.2. The van der Waals surface area contributed by atoms with Gasteiger partial charge in [-0.25, -0.2) is 0 Å². The Morgan fingerprint density at radius 2 is 2.31 bits per heavy atom. The van der Waals surface area contributed by atoms with Crippen LogP contribution in [0.15, 0.2) is 23.0 Å². The van der Waals surface area contributed by atoms with E-state index in [0.29, 0.717) is 0 Å². The summed E-state index contributed by atoms with van der Waals surface area (Å²) in [6, 6.07) is 1.98. The van der Waals surface area contributed by atoms with Crippen LogP contribution in [0.4, 0.5) is 0 Å². The summed E-state index contributed by atoms with van der Waals surface area (Å²) in [4.78, 5) is 2.31. The normalized spacial score (nSPS) is 11.2. The average molecular weight is 226 g/mol. The molecule has 16 heavy (non-hydrogen) atoms. The fraction of sp³-hybridized carbons (Fsp3) is 0.667. The second kappa shape index (κ2) is 8.33. The van der Waals surface area contributed by atoms with Crippen molar-refractivity contribution in [3.8, 4) is 0 Å². The van der Waals surface area contributed by atoms with Crippen LogP contribution in [0, 0.1) is 0 Å². The van der Waals surface area contributed by atoms with E-state index in [-0.39, 0.29) is 0 Å². The van der Waals surface area contributed by atoms with Gasteiger partial charge in [0, 0.05) is 45.5 Å². The Morgan fingerprint density at radius 3 is 3.00 bits per heavy atom. The van der Waals surface area contributed by atoms with Crippen molar-refractivity contribution < 1.29 is 9.15 Å². The molecule has 4 nitrogen and oxygen atoms in total. The minimum Gasteiger partial charge on any atom is -0.472 e. The van der Waals surface area contributed by atoms with Crippen molar-refractivity contribution in [3.05, 3.63) is 24.2 Å². The summed E-state index contributed by atoms with van der Waals surface area (Å²) >= 11 is 0. The summed E-state index contributed by atoms with van der Waals surface area (Å²) in [5, 5.41) is 3.38. The lowest BCUT2D eigenvalue weighted by Crippen LogP contribution is -2.30. The molecule has 0 atom stereocenters. The summed E-state index contributed by atoms with van der Waals surface area (Å²) < 4.78 is 10.0. The largest absolute Gasteiger partial charge is 0.472 e. The predicted octanol–water partition coefficient (Wildman–Crippen LogP) is 1.34. The molecule has 1 N–H and O–H groups in total. The SMILES string of the molecule is COCCCN(C)CCNCc1ccoc1. The second-order valence-corrected chi connectivity index (χ2v) is 3.96. The van der Waals surface area contributed by atoms with Crippen LogP contribution in [0.3, 0.4) is 0 Å². The van der Waals surface area contributed by atoms with E-state index in [0.717, 1.165) is 39.2 Å². The Bertz CT molecular complexity index is 250. The smallest absolute Gasteiger partial charge is 0.0947 e. The van der Waals surface area contributed by atoms with Crippen molar-refractivity contribution in [3.63, 3.8) is 0 Å². The third-order valence-electron chi connectivity index (χ3n) is 2.47. The Kier molecular flexibility index (Phi) is 6.88. The lowest BCUT2D eigenvalue weighted by molar-refractivity contribution is 0.179. The number of hydrogen-bond acceptors (Lipinski definition) is 4. The maximum Gasteiger partial charge on any atom is 0.0947 e. The number of nitrogens with zero attached hydrogens (tertiary/aromatic N) is 1. The maximum absolute atomic E-state index is 5.01. The van der Waals surface area contributed by atoms with Crippen LogP contribution in [-0.4, -0.2) is 45.3 Å². The first-order valence-electron chi connectivity index (χ1n) is 5.72. The quantitative estimate of drug-likeness (QED) is 0.645. The highest BCUT2D eigenvalue weighted by Gasteiger charge is 1.98. The Hall–Kier alpha value is -0.840. The average Bonchev–Trinajstić information content (AvgIpc) is 2.78. The van der Waals surface area contributed by atoms with Crippen molar-refractivity contribution >= 4 is 0 Å². The lowest BCUT2D eigenvalue weighted by atomic mass is 10.3. The van der Waals surface area contributed by atoms with E-state index in [1.165, 1.54) is 5.56 Å². The van der Waals surface area contributed by atoms with Crippen molar-refractivity contribution in [2.24, 2.45) is 0 Å². The molecule has 0 bridgehead atoms. The molecule has 0 unspecified atom stereocenters. The van der Waals surface area contributed by atoms with Gasteiger partial charge in [0.1, 0.15) is 0 Å². The van der Waals surface area contributed by atoms with Gasteiger partial charge in [0.2, 0.25) is 0 Å². The van der Waals surface area contributed by atoms with Gasteiger partial charge in [-0.3, -0.25) is 0 Å². The zero-order chi connectivity index (χ0) is 11.6. The first-order valence-corrected chi connectivity index (χ1v) is 5.72. The number of methoxy groups -OCH3 is 1. The van der Waals surface area contributed by atoms with Gasteiger partial charge in [-0.1, -0.05) is 0 Å². The van der Waals surface area contributed by atoms with Crippen molar-refractivity contribution in [2.75, 3.05) is 40.4 Å². The van der Waals surface area contributed by atoms with E-state index in [9.17, 15) is 0 Å². The summed E-state index contributed by atoms with van der Waals surface area (Å²) in [5.74, 6) is 0. The molecule has 1 aromatic heterocycles. The van der Waals surface area contributed by atoms with Gasteiger partial charge in [0.25, 0.3) is 0 Å². The number of likely N-dealkylation sites (N-methyl/N-ethyl adjacent to an activating group) is 1. The van der Waals surface area contributed by atoms with Crippen LogP contribution in [-0.2, 0) is 11.3 Å². The predicted molar refractivity (Wildman–Crippen MR) is 64.4 cm³/mol. The van der Waals surface area contributed by atoms with Crippen LogP contribution in [0.25, 0.3) is 0 Å². The maximum atomic E-state index is 5.01. The molecule has 0 aliphatic heterocycles. The fourth-order valence-corrected chi connectivity index (χ4v) is 1.49. The Balaban J connectivity index is 1.94. The van der Waals surface area contributed by atoms with Gasteiger partial charge < -0.3 is 19.4 Å². The summed E-state index contributed by atoms with van der Waals surface area (Å²) in [5.41, 5.74) is 1.20. The van der Waals surface area contributed by atoms with Crippen LogP contribution in [0.5, 0.6) is 0 Å². The van der Waals surface area contributed by atoms with Crippen LogP contribution >= 0.6 is 0 Å². The van der Waals surface area contributed by atoms with Gasteiger partial charge >= 0.3 is 0 Å². The zero-order valence-electron chi connectivity index (χ0n) is 10.2. The monoisotopic (exact) mass is 226 g/mol. The lowest BCUT2D eigenvalue weighted by Gasteiger charge is -2.16. The van der Waals surface area contributed by atoms with E-state index in [1.54, 1.807) is 19.6 Å². The van der Waals surface area contributed by atoms with Gasteiger partial charge in [-0.2, -0.15) is 0 Å². The van der Waals surface area contributed by atoms with Crippen LogP contribution in [0.1, 0.15) is 12.0 Å². The number of ether oxygens (including phenoxy) is 1. The third-order valence-corrected chi connectivity index (χ3v) is 2.47. The molecule has 1 heterocycles. The minimum atomic E-state index is 0.840. The van der Waals surface area contributed by atoms with Crippen molar-refractivity contribution in [2.45, 2.75) is 13.0 Å². The minimum absolute atomic E-state index is 0.840. The molecular formula is C12H22N2O2. The van der Waals surface area contributed by atoms with Gasteiger partial charge in [-0.05, 0) is 19.5 Å². The summed E-state index contributed by atoms with van der Waals surface area (Å²) in [6.07, 6.45) is 4.57. The standard InChI is InChI=1S/C12H22N2O2/c1-14(6-3-8-15-2)7-5-13-10-12-4-9-16-11-12/h4,9,11,13H,3,5-8,10H2,1-2H3. The van der Waals surface area contributed by atoms with Crippen molar-refractivity contribution in [1.29, 1.82) is 0 Å². The molecule has 0 fully saturated rings. The molecule has 1 rings (SSSR count). The van der Waals surface area contributed by atoms with E-state index < -0.39 is 0 Å². The second-order valence-electron chi connectivity index (χ2n) is 3.96. The third kappa shape index (κ3) is 5.90. The van der Waals surface area contributed by atoms with E-state index in [2.05, 4.69) is 17.3 Å². The Morgan fingerprint density at radius 1 is 1.44 bits per heavy atom. The summed E-state index contributed by atoms with van der Waals surface area (Å²) in [7, 11) is 3.88. The molecule has 0 amide bonds. The topological polar surface area (TPSA) is 37.6 Å². The molecule has 4 heteroatoms. The molecule has 0 aromatic carbocycles. The molecule has 0 saturated heterocycles. The van der Waals surface area contributed by atoms with Gasteiger partial charge in [0.15, 0.2) is 0 Å². The Labute approximate surface area is 97.6 Å². The van der Waals surface area contributed by atoms with Gasteiger partial charge in [0.05, 0.1) is 12.5 Å². The molecule has 0 aliphatic rings. The fourth-order valence-electron chi connectivity index (χ4n) is 1.49. The molecule has 0 aliphatic carbocycles. The highest BCUT2D eigenvalue weighted by Crippen LogP contribution is 1.98. The van der Waals surface area contributed by atoms with E-state index in [1.807, 2.05) is 6.07 Å². The number of furan rings is 1. The first-order chi connectivity index (χ1) is 7.83. The van der Waals surface area contributed by atoms with E-state index >= 15 is 0 Å². The number of rotatable bonds is 9. The molecular weight excluding hydrogens is 204 g/mol. The highest BCUT2D eigenvalue weighted by atomic mass is 16.5. The van der Waals surface area contributed by atoms with Crippen LogP contribution in [0.2, 0.25) is 0 Å². The molecule has 1 aromatic rings. The van der Waals surface area contributed by atoms with Gasteiger partial charge in [-0.15, -0.1) is 0 Å².